The lowest BCUT2D eigenvalue weighted by atomic mass is 10.2. The van der Waals surface area contributed by atoms with Crippen LogP contribution in [-0.4, -0.2) is 37.1 Å². The average Bonchev–Trinajstić information content (AvgIpc) is 3.00. The molecule has 0 aliphatic carbocycles. The number of nitrogens with two attached hydrogens (primary N) is 1. The second kappa shape index (κ2) is 6.10. The number of nitrogens with zero attached hydrogens (tertiary/aromatic N) is 2. The highest BCUT2D eigenvalue weighted by molar-refractivity contribution is 5.52. The summed E-state index contributed by atoms with van der Waals surface area (Å²) < 4.78 is 0. The number of piperidine rings is 1. The van der Waals surface area contributed by atoms with Crippen LogP contribution in [0.1, 0.15) is 26.7 Å². The van der Waals surface area contributed by atoms with Gasteiger partial charge in [0.1, 0.15) is 0 Å². The number of hydrogen-bond donors (Lipinski definition) is 1. The van der Waals surface area contributed by atoms with E-state index >= 15 is 0 Å². The summed E-state index contributed by atoms with van der Waals surface area (Å²) in [4.78, 5) is 4.82. The summed E-state index contributed by atoms with van der Waals surface area (Å²) in [7, 11) is 0. The Hall–Kier alpha value is -1.22. The van der Waals surface area contributed by atoms with E-state index in [2.05, 4.69) is 35.8 Å². The van der Waals surface area contributed by atoms with Gasteiger partial charge >= 0.3 is 0 Å². The summed E-state index contributed by atoms with van der Waals surface area (Å²) in [5.74, 6) is 0. The van der Waals surface area contributed by atoms with Gasteiger partial charge in [-0.2, -0.15) is 0 Å². The minimum absolute atomic E-state index is 0.825. The fourth-order valence-corrected chi connectivity index (χ4v) is 2.58. The molecule has 3 heteroatoms. The van der Waals surface area contributed by atoms with Crippen molar-refractivity contribution in [3.63, 3.8) is 0 Å². The highest BCUT2D eigenvalue weighted by Gasteiger charge is 2.37. The van der Waals surface area contributed by atoms with Gasteiger partial charge in [-0.15, -0.1) is 0 Å². The van der Waals surface area contributed by atoms with Gasteiger partial charge in [0.25, 0.3) is 0 Å². The Balaban J connectivity index is 0.000000164. The van der Waals surface area contributed by atoms with Crippen molar-refractivity contribution in [3.8, 4) is 0 Å². The molecule has 3 rings (SSSR count). The number of rotatable bonds is 3. The van der Waals surface area contributed by atoms with Crippen molar-refractivity contribution in [3.05, 3.63) is 24.3 Å². The van der Waals surface area contributed by atoms with Crippen molar-refractivity contribution < 1.29 is 0 Å². The van der Waals surface area contributed by atoms with E-state index in [1.807, 2.05) is 12.1 Å². The molecule has 0 bridgehead atoms. The molecule has 2 saturated heterocycles. The van der Waals surface area contributed by atoms with Gasteiger partial charge in [0.05, 0.1) is 0 Å². The quantitative estimate of drug-likeness (QED) is 0.658. The third-order valence-electron chi connectivity index (χ3n) is 3.83. The molecule has 0 amide bonds. The monoisotopic (exact) mass is 247 g/mol. The minimum atomic E-state index is 0.825. The second-order valence-electron chi connectivity index (χ2n) is 5.05. The highest BCUT2D eigenvalue weighted by atomic mass is 15.3. The zero-order valence-electron chi connectivity index (χ0n) is 11.6. The van der Waals surface area contributed by atoms with Gasteiger partial charge in [-0.1, -0.05) is 0 Å². The van der Waals surface area contributed by atoms with E-state index in [1.54, 1.807) is 0 Å². The topological polar surface area (TPSA) is 32.3 Å². The standard InChI is InChI=1S/C10H16N2.C5H9N/c1-3-12(4-2)10-7-5-9(11)6-8-10;1-2-5-4-6(5)3-1/h5-8H,3-4,11H2,1-2H3;5H,1-4H2. The average molecular weight is 247 g/mol. The van der Waals surface area contributed by atoms with E-state index in [1.165, 1.54) is 31.6 Å². The zero-order chi connectivity index (χ0) is 13.0. The van der Waals surface area contributed by atoms with Gasteiger partial charge in [0, 0.05) is 37.1 Å². The van der Waals surface area contributed by atoms with Crippen LogP contribution in [-0.2, 0) is 0 Å². The van der Waals surface area contributed by atoms with E-state index in [0.29, 0.717) is 0 Å². The molecule has 2 aliphatic rings. The van der Waals surface area contributed by atoms with Crippen LogP contribution in [0.15, 0.2) is 24.3 Å². The Bertz CT molecular complexity index is 349. The summed E-state index contributed by atoms with van der Waals surface area (Å²) in [6.45, 7) is 9.20. The van der Waals surface area contributed by atoms with Crippen LogP contribution in [0, 0.1) is 0 Å². The first-order valence-electron chi connectivity index (χ1n) is 7.09. The van der Waals surface area contributed by atoms with Gasteiger partial charge < -0.3 is 10.6 Å². The summed E-state index contributed by atoms with van der Waals surface area (Å²) in [5, 5.41) is 0. The van der Waals surface area contributed by atoms with Gasteiger partial charge in [-0.3, -0.25) is 4.90 Å². The lowest BCUT2D eigenvalue weighted by molar-refractivity contribution is 0.593. The number of hydrogen-bond acceptors (Lipinski definition) is 3. The normalized spacial score (nSPS) is 23.9. The molecular formula is C15H25N3. The van der Waals surface area contributed by atoms with Crippen molar-refractivity contribution in [2.45, 2.75) is 32.7 Å². The number of nitrogen functional groups attached to an aromatic ring is 1. The van der Waals surface area contributed by atoms with Crippen LogP contribution in [0.5, 0.6) is 0 Å². The van der Waals surface area contributed by atoms with Crippen molar-refractivity contribution in [2.24, 2.45) is 0 Å². The maximum absolute atomic E-state index is 5.59. The van der Waals surface area contributed by atoms with Crippen molar-refractivity contribution >= 4 is 11.4 Å². The lowest BCUT2D eigenvalue weighted by Gasteiger charge is -2.20. The van der Waals surface area contributed by atoms with Gasteiger partial charge in [-0.05, 0) is 57.5 Å². The molecule has 1 aromatic rings. The molecular weight excluding hydrogens is 222 g/mol. The van der Waals surface area contributed by atoms with Gasteiger partial charge in [0.2, 0.25) is 0 Å². The molecule has 2 fully saturated rings. The molecule has 18 heavy (non-hydrogen) atoms. The summed E-state index contributed by atoms with van der Waals surface area (Å²) in [6.07, 6.45) is 2.95. The number of benzene rings is 1. The first kappa shape index (κ1) is 13.2. The third kappa shape index (κ3) is 3.39. The number of anilines is 2. The largest absolute Gasteiger partial charge is 0.399 e. The fourth-order valence-electron chi connectivity index (χ4n) is 2.58. The smallest absolute Gasteiger partial charge is 0.0367 e. The molecule has 2 unspecified atom stereocenters. The molecule has 0 saturated carbocycles. The predicted octanol–water partition coefficient (Wildman–Crippen LogP) is 2.58. The lowest BCUT2D eigenvalue weighted by Crippen LogP contribution is -2.21. The van der Waals surface area contributed by atoms with E-state index in [-0.39, 0.29) is 0 Å². The highest BCUT2D eigenvalue weighted by Crippen LogP contribution is 2.28. The molecule has 0 radical (unpaired) electrons. The zero-order valence-corrected chi connectivity index (χ0v) is 11.6. The van der Waals surface area contributed by atoms with Crippen LogP contribution >= 0.6 is 0 Å². The molecule has 2 N–H and O–H groups in total. The Morgan fingerprint density at radius 2 is 1.89 bits per heavy atom. The molecule has 100 valence electrons. The molecule has 2 heterocycles. The number of fused-ring (bicyclic) bond motifs is 1. The van der Waals surface area contributed by atoms with Gasteiger partial charge in [0.15, 0.2) is 0 Å². The molecule has 1 aromatic carbocycles. The van der Waals surface area contributed by atoms with E-state index in [0.717, 1.165) is 24.8 Å². The summed E-state index contributed by atoms with van der Waals surface area (Å²) >= 11 is 0. The van der Waals surface area contributed by atoms with E-state index in [4.69, 9.17) is 5.73 Å². The molecule has 3 nitrogen and oxygen atoms in total. The third-order valence-corrected chi connectivity index (χ3v) is 3.83. The predicted molar refractivity (Wildman–Crippen MR) is 79.0 cm³/mol. The van der Waals surface area contributed by atoms with Crippen LogP contribution in [0.2, 0.25) is 0 Å². The SMILES string of the molecule is C1CC2CN2C1.CCN(CC)c1ccc(N)cc1. The Morgan fingerprint density at radius 1 is 1.22 bits per heavy atom. The molecule has 0 spiro atoms. The van der Waals surface area contributed by atoms with E-state index in [9.17, 15) is 0 Å². The fraction of sp³-hybridized carbons (Fsp3) is 0.600. The van der Waals surface area contributed by atoms with Crippen molar-refractivity contribution in [2.75, 3.05) is 36.8 Å². The summed E-state index contributed by atoms with van der Waals surface area (Å²) in [6, 6.07) is 9.04. The van der Waals surface area contributed by atoms with Crippen molar-refractivity contribution in [1.29, 1.82) is 0 Å². The maximum atomic E-state index is 5.59. The van der Waals surface area contributed by atoms with Crippen LogP contribution in [0.4, 0.5) is 11.4 Å². The molecule has 0 aromatic heterocycles. The minimum Gasteiger partial charge on any atom is -0.399 e. The van der Waals surface area contributed by atoms with Crippen LogP contribution in [0.25, 0.3) is 0 Å². The first-order chi connectivity index (χ1) is 8.74. The summed E-state index contributed by atoms with van der Waals surface area (Å²) in [5.41, 5.74) is 7.66. The first-order valence-corrected chi connectivity index (χ1v) is 7.09. The van der Waals surface area contributed by atoms with E-state index < -0.39 is 0 Å². The van der Waals surface area contributed by atoms with Gasteiger partial charge in [-0.25, -0.2) is 0 Å². The second-order valence-corrected chi connectivity index (χ2v) is 5.05. The van der Waals surface area contributed by atoms with Crippen LogP contribution < -0.4 is 10.6 Å². The Kier molecular flexibility index (Phi) is 4.48. The van der Waals surface area contributed by atoms with Crippen LogP contribution in [0.3, 0.4) is 0 Å². The van der Waals surface area contributed by atoms with Crippen molar-refractivity contribution in [1.82, 2.24) is 4.90 Å². The Labute approximate surface area is 111 Å². The maximum Gasteiger partial charge on any atom is 0.0367 e. The molecule has 2 aliphatic heterocycles. The molecule has 2 atom stereocenters. The Morgan fingerprint density at radius 3 is 2.22 bits per heavy atom.